The molecule has 0 aromatic carbocycles. The number of nitrogens with one attached hydrogen (secondary N) is 1. The molecule has 17 nitrogen and oxygen atoms in total. The molecule has 2 unspecified atom stereocenters. The number of nitrogens with zero attached hydrogens (tertiary/aromatic N) is 3. The Morgan fingerprint density at radius 2 is 1.56 bits per heavy atom. The van der Waals surface area contributed by atoms with Crippen molar-refractivity contribution in [2.45, 2.75) is 57.5 Å². The molecule has 1 aliphatic heterocycles. The second-order valence-corrected chi connectivity index (χ2v) is 12.0. The monoisotopic (exact) mass is 668 g/mol. The summed E-state index contributed by atoms with van der Waals surface area (Å²) in [6.07, 6.45) is -4.26. The molecule has 45 heavy (non-hydrogen) atoms. The maximum absolute atomic E-state index is 12.6. The zero-order chi connectivity index (χ0) is 32.8. The van der Waals surface area contributed by atoms with E-state index < -0.39 is 70.3 Å². The molecule has 242 valence electrons. The van der Waals surface area contributed by atoms with Gasteiger partial charge in [-0.2, -0.15) is 0 Å². The molecular formula is C26H28N4O13S2. The Bertz CT molecular complexity index is 1680. The van der Waals surface area contributed by atoms with Gasteiger partial charge in [0.1, 0.15) is 38.3 Å². The number of aromatic amines is 1. The molecule has 3 aromatic rings. The lowest BCUT2D eigenvalue weighted by Gasteiger charge is -2.19. The highest BCUT2D eigenvalue weighted by molar-refractivity contribution is 7.10. The highest BCUT2D eigenvalue weighted by Crippen LogP contribution is 2.34. The summed E-state index contributed by atoms with van der Waals surface area (Å²) < 4.78 is 27.9. The fourth-order valence-corrected chi connectivity index (χ4v) is 6.31. The van der Waals surface area contributed by atoms with Gasteiger partial charge in [0, 0.05) is 42.1 Å². The number of aromatic nitrogens is 2. The summed E-state index contributed by atoms with van der Waals surface area (Å²) in [4.78, 5) is 73.6. The Labute approximate surface area is 261 Å². The number of carbonyl (C=O) groups is 2. The minimum Gasteiger partial charge on any atom is -0.434 e. The van der Waals surface area contributed by atoms with Crippen molar-refractivity contribution in [3.8, 4) is 0 Å². The minimum atomic E-state index is -1.13. The zero-order valence-electron chi connectivity index (χ0n) is 24.1. The van der Waals surface area contributed by atoms with Crippen LogP contribution in [0.25, 0.3) is 0 Å². The van der Waals surface area contributed by atoms with E-state index in [1.165, 1.54) is 25.3 Å². The number of ether oxygens (including phenoxy) is 5. The first kappa shape index (κ1) is 33.3. The number of rotatable bonds is 12. The van der Waals surface area contributed by atoms with Crippen LogP contribution in [0.4, 0.5) is 21.0 Å². The lowest BCUT2D eigenvalue weighted by molar-refractivity contribution is -0.385. The van der Waals surface area contributed by atoms with Gasteiger partial charge in [-0.3, -0.25) is 34.6 Å². The number of hydrogen-bond acceptors (Lipinski definition) is 15. The summed E-state index contributed by atoms with van der Waals surface area (Å²) in [7, 11) is 0. The van der Waals surface area contributed by atoms with E-state index in [4.69, 9.17) is 23.7 Å². The van der Waals surface area contributed by atoms with Crippen molar-refractivity contribution in [3.63, 3.8) is 0 Å². The molecule has 5 atom stereocenters. The second kappa shape index (κ2) is 14.4. The van der Waals surface area contributed by atoms with Crippen molar-refractivity contribution in [2.24, 2.45) is 0 Å². The number of H-pyrrole nitrogens is 1. The molecular weight excluding hydrogens is 640 g/mol. The number of carbonyl (C=O) groups excluding carboxylic acids is 2. The highest BCUT2D eigenvalue weighted by Gasteiger charge is 2.41. The number of hydrogen-bond donors (Lipinski definition) is 1. The molecule has 0 radical (unpaired) electrons. The molecule has 19 heteroatoms. The number of thiophene rings is 2. The summed E-state index contributed by atoms with van der Waals surface area (Å²) in [6, 6.07) is 2.71. The normalized spacial score (nSPS) is 19.0. The van der Waals surface area contributed by atoms with Gasteiger partial charge in [0.15, 0.2) is 0 Å². The van der Waals surface area contributed by atoms with Crippen LogP contribution < -0.4 is 11.2 Å². The van der Waals surface area contributed by atoms with Crippen molar-refractivity contribution in [1.82, 2.24) is 9.55 Å². The van der Waals surface area contributed by atoms with E-state index in [1.54, 1.807) is 24.6 Å². The maximum Gasteiger partial charge on any atom is 0.508 e. The smallest absolute Gasteiger partial charge is 0.434 e. The molecule has 0 bridgehead atoms. The van der Waals surface area contributed by atoms with Crippen LogP contribution in [0.5, 0.6) is 0 Å². The average molecular weight is 669 g/mol. The zero-order valence-corrected chi connectivity index (χ0v) is 25.7. The Hall–Kier alpha value is -4.62. The van der Waals surface area contributed by atoms with Crippen molar-refractivity contribution in [1.29, 1.82) is 0 Å². The molecule has 0 aliphatic carbocycles. The first-order valence-corrected chi connectivity index (χ1v) is 15.2. The molecule has 4 rings (SSSR count). The number of aryl methyl sites for hydroxylation is 1. The van der Waals surface area contributed by atoms with Gasteiger partial charge in [-0.1, -0.05) is 13.8 Å². The van der Waals surface area contributed by atoms with Crippen LogP contribution in [0.1, 0.15) is 53.6 Å². The van der Waals surface area contributed by atoms with Gasteiger partial charge in [-0.25, -0.2) is 14.4 Å². The van der Waals surface area contributed by atoms with Crippen molar-refractivity contribution in [3.05, 3.63) is 85.5 Å². The van der Waals surface area contributed by atoms with Crippen LogP contribution >= 0.6 is 22.7 Å². The lowest BCUT2D eigenvalue weighted by atomic mass is 10.1. The highest BCUT2D eigenvalue weighted by atomic mass is 32.1. The Morgan fingerprint density at radius 1 is 1.00 bits per heavy atom. The molecule has 4 heterocycles. The molecule has 1 aliphatic rings. The van der Waals surface area contributed by atoms with Crippen LogP contribution in [0.3, 0.4) is 0 Å². The molecule has 0 spiro atoms. The van der Waals surface area contributed by atoms with E-state index in [9.17, 15) is 39.4 Å². The summed E-state index contributed by atoms with van der Waals surface area (Å²) in [6.45, 7) is 3.85. The van der Waals surface area contributed by atoms with Crippen LogP contribution in [0.2, 0.25) is 0 Å². The first-order valence-electron chi connectivity index (χ1n) is 13.4. The Kier molecular flexibility index (Phi) is 10.7. The van der Waals surface area contributed by atoms with E-state index in [-0.39, 0.29) is 36.6 Å². The third-order valence-corrected chi connectivity index (χ3v) is 9.06. The van der Waals surface area contributed by atoms with Gasteiger partial charge in [0.2, 0.25) is 0 Å². The third kappa shape index (κ3) is 8.11. The minimum absolute atomic E-state index is 0.0857. The van der Waals surface area contributed by atoms with Crippen LogP contribution in [0.15, 0.2) is 38.7 Å². The Balaban J connectivity index is 1.39. The van der Waals surface area contributed by atoms with E-state index in [1.807, 2.05) is 0 Å². The molecule has 0 saturated carbocycles. The predicted octanol–water partition coefficient (Wildman–Crippen LogP) is 4.35. The average Bonchev–Trinajstić information content (AvgIpc) is 3.75. The topological polar surface area (TPSA) is 221 Å². The second-order valence-electron chi connectivity index (χ2n) is 10.1. The summed E-state index contributed by atoms with van der Waals surface area (Å²) in [5.41, 5.74) is -1.32. The standard InChI is InChI=1S/C26H28N4O13S2/c1-13-9-28(24(32)27-23(13)31)20-8-18(43-26(34)40-11-15(3)22-17(30(37)38)5-7-45-22)19(42-20)12-41-25(33)39-10-14(2)21-16(29(35)36)4-6-44-21/h4-7,9,14-15,18-20H,8,10-12H2,1-3H3,(H,27,31,32)/t14?,15?,18-,19+,20+/m0/s1. The summed E-state index contributed by atoms with van der Waals surface area (Å²) in [5, 5.41) is 25.5. The molecule has 3 aromatic heterocycles. The van der Waals surface area contributed by atoms with E-state index in [0.717, 1.165) is 27.2 Å². The van der Waals surface area contributed by atoms with Gasteiger partial charge in [-0.05, 0) is 17.7 Å². The lowest BCUT2D eigenvalue weighted by Crippen LogP contribution is -2.34. The molecule has 1 fully saturated rings. The van der Waals surface area contributed by atoms with Crippen LogP contribution in [-0.4, -0.2) is 63.7 Å². The van der Waals surface area contributed by atoms with E-state index in [0.29, 0.717) is 9.75 Å². The Morgan fingerprint density at radius 3 is 2.11 bits per heavy atom. The third-order valence-electron chi connectivity index (χ3n) is 6.79. The summed E-state index contributed by atoms with van der Waals surface area (Å²) >= 11 is 2.30. The van der Waals surface area contributed by atoms with Crippen LogP contribution in [-0.2, 0) is 23.7 Å². The van der Waals surface area contributed by atoms with Crippen molar-refractivity contribution < 1.29 is 43.1 Å². The summed E-state index contributed by atoms with van der Waals surface area (Å²) in [5.74, 6) is -1.01. The fraction of sp³-hybridized carbons (Fsp3) is 0.462. The predicted molar refractivity (Wildman–Crippen MR) is 157 cm³/mol. The largest absolute Gasteiger partial charge is 0.508 e. The van der Waals surface area contributed by atoms with Gasteiger partial charge >= 0.3 is 18.0 Å². The molecule has 0 amide bonds. The van der Waals surface area contributed by atoms with Gasteiger partial charge in [0.05, 0.1) is 19.6 Å². The van der Waals surface area contributed by atoms with Gasteiger partial charge < -0.3 is 23.7 Å². The van der Waals surface area contributed by atoms with Crippen molar-refractivity contribution >= 4 is 46.4 Å². The van der Waals surface area contributed by atoms with Gasteiger partial charge in [-0.15, -0.1) is 22.7 Å². The van der Waals surface area contributed by atoms with Crippen LogP contribution in [0, 0.1) is 27.2 Å². The van der Waals surface area contributed by atoms with Crippen molar-refractivity contribution in [2.75, 3.05) is 19.8 Å². The molecule has 1 N–H and O–H groups in total. The fourth-order valence-electron chi connectivity index (χ4n) is 4.50. The quantitative estimate of drug-likeness (QED) is 0.161. The van der Waals surface area contributed by atoms with Gasteiger partial charge in [0.25, 0.3) is 16.9 Å². The van der Waals surface area contributed by atoms with E-state index >= 15 is 0 Å². The molecule has 1 saturated heterocycles. The van der Waals surface area contributed by atoms with E-state index in [2.05, 4.69) is 4.98 Å². The first-order chi connectivity index (χ1) is 21.3. The number of nitro groups is 2. The SMILES string of the molecule is Cc1cn([C@H]2C[C@H](OC(=O)OCC(C)c3sccc3[N+](=O)[O-])[C@@H](COC(=O)OCC(C)c3sccc3[N+](=O)[O-])O2)c(=O)[nH]c1=O. The maximum atomic E-state index is 12.6.